The fourth-order valence-corrected chi connectivity index (χ4v) is 1.92. The highest BCUT2D eigenvalue weighted by Gasteiger charge is 2.19. The zero-order valence-corrected chi connectivity index (χ0v) is 12.0. The van der Waals surface area contributed by atoms with Crippen molar-refractivity contribution < 1.29 is 9.59 Å². The van der Waals surface area contributed by atoms with Crippen molar-refractivity contribution in [3.63, 3.8) is 0 Å². The van der Waals surface area contributed by atoms with E-state index in [0.717, 1.165) is 25.7 Å². The molecule has 0 radical (unpaired) electrons. The molecular formula is C16H24O2. The first kappa shape index (κ1) is 14.9. The molecule has 2 nitrogen and oxygen atoms in total. The number of rotatable bonds is 6. The molecule has 0 saturated heterocycles. The van der Waals surface area contributed by atoms with Crippen LogP contribution in [0.5, 0.6) is 0 Å². The average molecular weight is 248 g/mol. The molecule has 0 spiro atoms. The van der Waals surface area contributed by atoms with Gasteiger partial charge in [0.25, 0.3) is 0 Å². The molecule has 0 saturated carbocycles. The number of hydrogen-bond donors (Lipinski definition) is 0. The van der Waals surface area contributed by atoms with Gasteiger partial charge in [0.1, 0.15) is 0 Å². The first-order valence-corrected chi connectivity index (χ1v) is 6.90. The summed E-state index contributed by atoms with van der Waals surface area (Å²) in [6, 6.07) is 0. The van der Waals surface area contributed by atoms with Crippen molar-refractivity contribution in [3.8, 4) is 0 Å². The van der Waals surface area contributed by atoms with Crippen molar-refractivity contribution in [2.75, 3.05) is 0 Å². The van der Waals surface area contributed by atoms with Crippen LogP contribution in [0.15, 0.2) is 23.3 Å². The highest BCUT2D eigenvalue weighted by Crippen LogP contribution is 2.22. The minimum atomic E-state index is 0.0361. The van der Waals surface area contributed by atoms with E-state index in [-0.39, 0.29) is 11.6 Å². The van der Waals surface area contributed by atoms with E-state index in [4.69, 9.17) is 0 Å². The quantitative estimate of drug-likeness (QED) is 0.669. The number of hydrogen-bond acceptors (Lipinski definition) is 2. The number of allylic oxidation sites excluding steroid dienone is 4. The summed E-state index contributed by atoms with van der Waals surface area (Å²) < 4.78 is 0. The van der Waals surface area contributed by atoms with Gasteiger partial charge in [0, 0.05) is 11.1 Å². The lowest BCUT2D eigenvalue weighted by atomic mass is 9.89. The molecule has 0 bridgehead atoms. The molecule has 0 fully saturated rings. The third kappa shape index (κ3) is 4.59. The van der Waals surface area contributed by atoms with Gasteiger partial charge in [0.2, 0.25) is 0 Å². The molecule has 100 valence electrons. The molecule has 0 unspecified atom stereocenters. The summed E-state index contributed by atoms with van der Waals surface area (Å²) in [5.41, 5.74) is 1.36. The molecule has 0 aromatic heterocycles. The SMILES string of the molecule is CC(C)CCC1=CC(=O)C(CCC(C)C)=CC1=O. The van der Waals surface area contributed by atoms with Crippen LogP contribution in [0.4, 0.5) is 0 Å². The average Bonchev–Trinajstić information content (AvgIpc) is 2.27. The molecule has 0 aromatic carbocycles. The predicted octanol–water partition coefficient (Wildman–Crippen LogP) is 3.86. The lowest BCUT2D eigenvalue weighted by Gasteiger charge is -2.14. The van der Waals surface area contributed by atoms with Crippen LogP contribution < -0.4 is 0 Å². The Morgan fingerprint density at radius 1 is 0.778 bits per heavy atom. The third-order valence-electron chi connectivity index (χ3n) is 3.23. The topological polar surface area (TPSA) is 34.1 Å². The zero-order valence-electron chi connectivity index (χ0n) is 12.0. The lowest BCUT2D eigenvalue weighted by Crippen LogP contribution is -2.14. The van der Waals surface area contributed by atoms with Gasteiger partial charge in [-0.1, -0.05) is 27.7 Å². The number of carbonyl (C=O) groups is 2. The van der Waals surface area contributed by atoms with Crippen LogP contribution in [0.1, 0.15) is 53.4 Å². The molecule has 0 amide bonds. The Morgan fingerprint density at radius 3 is 1.39 bits per heavy atom. The van der Waals surface area contributed by atoms with Crippen LogP contribution in [0, 0.1) is 11.8 Å². The predicted molar refractivity (Wildman–Crippen MR) is 74.3 cm³/mol. The van der Waals surface area contributed by atoms with Crippen molar-refractivity contribution >= 4 is 11.6 Å². The second kappa shape index (κ2) is 6.67. The van der Waals surface area contributed by atoms with Crippen LogP contribution in [-0.4, -0.2) is 11.6 Å². The Labute approximate surface area is 110 Å². The Balaban J connectivity index is 2.62. The van der Waals surface area contributed by atoms with Gasteiger partial charge in [-0.2, -0.15) is 0 Å². The minimum Gasteiger partial charge on any atom is -0.290 e. The lowest BCUT2D eigenvalue weighted by molar-refractivity contribution is -0.115. The summed E-state index contributed by atoms with van der Waals surface area (Å²) >= 11 is 0. The van der Waals surface area contributed by atoms with E-state index in [1.807, 2.05) is 0 Å². The first-order chi connectivity index (χ1) is 8.40. The maximum atomic E-state index is 11.9. The molecule has 0 heterocycles. The molecule has 1 rings (SSSR count). The van der Waals surface area contributed by atoms with Crippen molar-refractivity contribution in [2.24, 2.45) is 11.8 Å². The maximum absolute atomic E-state index is 11.9. The van der Waals surface area contributed by atoms with Crippen LogP contribution in [0.2, 0.25) is 0 Å². The summed E-state index contributed by atoms with van der Waals surface area (Å²) in [5, 5.41) is 0. The smallest absolute Gasteiger partial charge is 0.182 e. The summed E-state index contributed by atoms with van der Waals surface area (Å²) in [7, 11) is 0. The Kier molecular flexibility index (Phi) is 5.52. The van der Waals surface area contributed by atoms with Crippen molar-refractivity contribution in [1.82, 2.24) is 0 Å². The Morgan fingerprint density at radius 2 is 1.11 bits per heavy atom. The van der Waals surface area contributed by atoms with E-state index in [9.17, 15) is 9.59 Å². The molecule has 18 heavy (non-hydrogen) atoms. The van der Waals surface area contributed by atoms with Crippen LogP contribution in [-0.2, 0) is 9.59 Å². The molecule has 2 heteroatoms. The maximum Gasteiger partial charge on any atom is 0.182 e. The van der Waals surface area contributed by atoms with Crippen LogP contribution in [0.25, 0.3) is 0 Å². The summed E-state index contributed by atoms with van der Waals surface area (Å²) in [6.07, 6.45) is 6.47. The molecule has 0 atom stereocenters. The Hall–Kier alpha value is -1.18. The second-order valence-corrected chi connectivity index (χ2v) is 5.93. The van der Waals surface area contributed by atoms with Crippen LogP contribution in [0.3, 0.4) is 0 Å². The molecule has 0 aliphatic heterocycles. The fourth-order valence-electron chi connectivity index (χ4n) is 1.92. The van der Waals surface area contributed by atoms with Crippen LogP contribution >= 0.6 is 0 Å². The molecule has 1 aliphatic rings. The van der Waals surface area contributed by atoms with Crippen molar-refractivity contribution in [3.05, 3.63) is 23.3 Å². The first-order valence-electron chi connectivity index (χ1n) is 6.90. The van der Waals surface area contributed by atoms with E-state index in [1.165, 1.54) is 0 Å². The van der Waals surface area contributed by atoms with E-state index in [1.54, 1.807) is 12.2 Å². The van der Waals surface area contributed by atoms with E-state index >= 15 is 0 Å². The Bertz CT molecular complexity index is 346. The standard InChI is InChI=1S/C16H24O2/c1-11(2)5-7-13-9-16(18)14(10-15(13)17)8-6-12(3)4/h9-12H,5-8H2,1-4H3. The molecular weight excluding hydrogens is 224 g/mol. The monoisotopic (exact) mass is 248 g/mol. The number of carbonyl (C=O) groups excluding carboxylic acids is 2. The van der Waals surface area contributed by atoms with E-state index in [0.29, 0.717) is 23.0 Å². The van der Waals surface area contributed by atoms with Gasteiger partial charge in [-0.25, -0.2) is 0 Å². The highest BCUT2D eigenvalue weighted by molar-refractivity contribution is 6.19. The molecule has 1 aliphatic carbocycles. The van der Waals surface area contributed by atoms with Crippen molar-refractivity contribution in [1.29, 1.82) is 0 Å². The third-order valence-corrected chi connectivity index (χ3v) is 3.23. The molecule has 0 aromatic rings. The second-order valence-electron chi connectivity index (χ2n) is 5.93. The van der Waals surface area contributed by atoms with Gasteiger partial charge in [-0.15, -0.1) is 0 Å². The van der Waals surface area contributed by atoms with Gasteiger partial charge in [-0.3, -0.25) is 9.59 Å². The highest BCUT2D eigenvalue weighted by atomic mass is 16.1. The zero-order chi connectivity index (χ0) is 13.7. The van der Waals surface area contributed by atoms with Gasteiger partial charge < -0.3 is 0 Å². The summed E-state index contributed by atoms with van der Waals surface area (Å²) in [5.74, 6) is 1.18. The van der Waals surface area contributed by atoms with Crippen molar-refractivity contribution in [2.45, 2.75) is 53.4 Å². The largest absolute Gasteiger partial charge is 0.290 e. The van der Waals surface area contributed by atoms with E-state index < -0.39 is 0 Å². The van der Waals surface area contributed by atoms with Gasteiger partial charge >= 0.3 is 0 Å². The van der Waals surface area contributed by atoms with E-state index in [2.05, 4.69) is 27.7 Å². The summed E-state index contributed by atoms with van der Waals surface area (Å²) in [6.45, 7) is 8.50. The minimum absolute atomic E-state index is 0.0361. The summed E-state index contributed by atoms with van der Waals surface area (Å²) in [4.78, 5) is 23.8. The fraction of sp³-hybridized carbons (Fsp3) is 0.625. The van der Waals surface area contributed by atoms with Gasteiger partial charge in [0.05, 0.1) is 0 Å². The molecule has 0 N–H and O–H groups in total. The van der Waals surface area contributed by atoms with Gasteiger partial charge in [0.15, 0.2) is 11.6 Å². The normalized spacial score (nSPS) is 16.3. The van der Waals surface area contributed by atoms with Gasteiger partial charge in [-0.05, 0) is 49.7 Å². The number of ketones is 2.